The summed E-state index contributed by atoms with van der Waals surface area (Å²) < 4.78 is 20.6. The van der Waals surface area contributed by atoms with Crippen molar-refractivity contribution in [1.82, 2.24) is 0 Å². The second-order valence-electron chi connectivity index (χ2n) is 8.39. The van der Waals surface area contributed by atoms with Crippen LogP contribution in [0.5, 0.6) is 0 Å². The van der Waals surface area contributed by atoms with Gasteiger partial charge in [-0.05, 0) is 43.4 Å². The minimum Gasteiger partial charge on any atom is -0.459 e. The molecule has 162 valence electrons. The van der Waals surface area contributed by atoms with Crippen LogP contribution in [-0.4, -0.2) is 55.2 Å². The van der Waals surface area contributed by atoms with E-state index in [2.05, 4.69) is 6.58 Å². The molecule has 1 aliphatic heterocycles. The van der Waals surface area contributed by atoms with E-state index in [1.54, 1.807) is 0 Å². The molecule has 8 heteroatoms. The Labute approximate surface area is 174 Å². The minimum absolute atomic E-state index is 0.0845. The van der Waals surface area contributed by atoms with E-state index in [1.807, 2.05) is 12.2 Å². The molecule has 2 bridgehead atoms. The number of esters is 3. The van der Waals surface area contributed by atoms with E-state index < -0.39 is 24.3 Å². The summed E-state index contributed by atoms with van der Waals surface area (Å²) >= 11 is 0. The van der Waals surface area contributed by atoms with Gasteiger partial charge in [0, 0.05) is 23.1 Å². The zero-order chi connectivity index (χ0) is 21.4. The van der Waals surface area contributed by atoms with Gasteiger partial charge in [-0.15, -0.1) is 0 Å². The normalized spacial score (nSPS) is 31.7. The zero-order valence-electron chi connectivity index (χ0n) is 16.9. The van der Waals surface area contributed by atoms with Gasteiger partial charge in [-0.1, -0.05) is 18.7 Å². The molecule has 4 aliphatic rings. The van der Waals surface area contributed by atoms with Gasteiger partial charge in [0.05, 0.1) is 6.61 Å². The van der Waals surface area contributed by atoms with Crippen LogP contribution >= 0.6 is 0 Å². The molecule has 30 heavy (non-hydrogen) atoms. The third kappa shape index (κ3) is 4.06. The highest BCUT2D eigenvalue weighted by Crippen LogP contribution is 2.57. The van der Waals surface area contributed by atoms with Crippen LogP contribution in [0, 0.1) is 23.7 Å². The molecule has 1 heterocycles. The van der Waals surface area contributed by atoms with E-state index in [-0.39, 0.29) is 48.4 Å². The minimum atomic E-state index is -1.10. The molecule has 1 saturated heterocycles. The van der Waals surface area contributed by atoms with Gasteiger partial charge in [-0.2, -0.15) is 0 Å². The zero-order valence-corrected chi connectivity index (χ0v) is 16.9. The number of allylic oxidation sites excluding steroid dienone is 2. The van der Waals surface area contributed by atoms with Crippen LogP contribution in [0.25, 0.3) is 0 Å². The van der Waals surface area contributed by atoms with Crippen molar-refractivity contribution in [2.24, 2.45) is 23.7 Å². The van der Waals surface area contributed by atoms with Gasteiger partial charge >= 0.3 is 17.9 Å². The predicted octanol–water partition coefficient (Wildman–Crippen LogP) is 1.44. The van der Waals surface area contributed by atoms with Crippen molar-refractivity contribution in [2.45, 2.75) is 38.6 Å². The lowest BCUT2D eigenvalue weighted by molar-refractivity contribution is -0.213. The molecule has 2 fully saturated rings. The Morgan fingerprint density at radius 1 is 1.23 bits per heavy atom. The first-order valence-electron chi connectivity index (χ1n) is 10.3. The van der Waals surface area contributed by atoms with Crippen LogP contribution in [0.3, 0.4) is 0 Å². The van der Waals surface area contributed by atoms with Gasteiger partial charge in [0.15, 0.2) is 0 Å². The van der Waals surface area contributed by atoms with Crippen molar-refractivity contribution in [3.63, 3.8) is 0 Å². The van der Waals surface area contributed by atoms with E-state index in [1.165, 1.54) is 6.92 Å². The number of carbonyl (C=O) groups excluding carboxylic acids is 3. The molecule has 6 unspecified atom stereocenters. The highest BCUT2D eigenvalue weighted by molar-refractivity contribution is 5.92. The van der Waals surface area contributed by atoms with Crippen LogP contribution in [0.15, 0.2) is 35.5 Å². The first kappa shape index (κ1) is 20.8. The SMILES string of the molecule is C=C(C)C(=O)OCC(O)COC(=O)C1=CC2C3C=C(C(=O)OC4CCO4)C(C3)C2C1. The van der Waals surface area contributed by atoms with Crippen LogP contribution in [-0.2, 0) is 33.3 Å². The van der Waals surface area contributed by atoms with E-state index >= 15 is 0 Å². The maximum atomic E-state index is 12.4. The van der Waals surface area contributed by atoms with Gasteiger partial charge in [0.1, 0.15) is 19.3 Å². The fraction of sp³-hybridized carbons (Fsp3) is 0.591. The van der Waals surface area contributed by atoms with Crippen molar-refractivity contribution < 1.29 is 38.4 Å². The number of carbonyl (C=O) groups is 3. The molecule has 6 atom stereocenters. The summed E-state index contributed by atoms with van der Waals surface area (Å²) in [7, 11) is 0. The van der Waals surface area contributed by atoms with Gasteiger partial charge in [-0.25, -0.2) is 14.4 Å². The molecule has 3 aliphatic carbocycles. The maximum Gasteiger partial charge on any atom is 0.336 e. The molecular weight excluding hydrogens is 392 g/mol. The van der Waals surface area contributed by atoms with E-state index in [0.717, 1.165) is 12.8 Å². The molecule has 0 spiro atoms. The van der Waals surface area contributed by atoms with E-state index in [9.17, 15) is 19.5 Å². The highest BCUT2D eigenvalue weighted by Gasteiger charge is 2.52. The average molecular weight is 418 g/mol. The van der Waals surface area contributed by atoms with Gasteiger partial charge in [0.25, 0.3) is 0 Å². The Kier molecular flexibility index (Phi) is 5.79. The van der Waals surface area contributed by atoms with Crippen molar-refractivity contribution >= 4 is 17.9 Å². The molecule has 0 amide bonds. The van der Waals surface area contributed by atoms with Crippen LogP contribution < -0.4 is 0 Å². The van der Waals surface area contributed by atoms with E-state index in [4.69, 9.17) is 18.9 Å². The summed E-state index contributed by atoms with van der Waals surface area (Å²) in [5.41, 5.74) is 1.50. The lowest BCUT2D eigenvalue weighted by Gasteiger charge is -2.29. The second kappa shape index (κ2) is 8.35. The third-order valence-electron chi connectivity index (χ3n) is 6.23. The second-order valence-corrected chi connectivity index (χ2v) is 8.39. The number of aliphatic hydroxyl groups is 1. The van der Waals surface area contributed by atoms with Crippen molar-refractivity contribution in [1.29, 1.82) is 0 Å². The van der Waals surface area contributed by atoms with E-state index in [0.29, 0.717) is 24.2 Å². The largest absolute Gasteiger partial charge is 0.459 e. The number of ether oxygens (including phenoxy) is 4. The van der Waals surface area contributed by atoms with Crippen LogP contribution in [0.1, 0.15) is 26.2 Å². The smallest absolute Gasteiger partial charge is 0.336 e. The summed E-state index contributed by atoms with van der Waals surface area (Å²) in [4.78, 5) is 36.2. The van der Waals surface area contributed by atoms with Crippen LogP contribution in [0.4, 0.5) is 0 Å². The molecule has 1 N–H and O–H groups in total. The summed E-state index contributed by atoms with van der Waals surface area (Å²) in [6.07, 6.45) is 4.56. The Morgan fingerprint density at radius 3 is 2.63 bits per heavy atom. The lowest BCUT2D eigenvalue weighted by Crippen LogP contribution is -2.34. The molecule has 0 aromatic carbocycles. The fourth-order valence-corrected chi connectivity index (χ4v) is 4.65. The van der Waals surface area contributed by atoms with Crippen molar-refractivity contribution in [2.75, 3.05) is 19.8 Å². The molecule has 8 nitrogen and oxygen atoms in total. The molecule has 4 rings (SSSR count). The number of hydrogen-bond acceptors (Lipinski definition) is 8. The van der Waals surface area contributed by atoms with Crippen LogP contribution in [0.2, 0.25) is 0 Å². The summed E-state index contributed by atoms with van der Waals surface area (Å²) in [5.74, 6) is -0.684. The molecule has 1 saturated carbocycles. The third-order valence-corrected chi connectivity index (χ3v) is 6.23. The van der Waals surface area contributed by atoms with Gasteiger partial charge in [0.2, 0.25) is 6.29 Å². The Hall–Kier alpha value is -2.45. The summed E-state index contributed by atoms with van der Waals surface area (Å²) in [6.45, 7) is 5.04. The van der Waals surface area contributed by atoms with Gasteiger partial charge in [-0.3, -0.25) is 0 Å². The highest BCUT2D eigenvalue weighted by atomic mass is 16.7. The first-order chi connectivity index (χ1) is 14.3. The average Bonchev–Trinajstić information content (AvgIpc) is 3.37. The topological polar surface area (TPSA) is 108 Å². The molecule has 0 aromatic heterocycles. The maximum absolute atomic E-state index is 12.4. The number of aliphatic hydroxyl groups excluding tert-OH is 1. The standard InChI is InChI=1S/C22H26O8/c1-11(2)20(24)28-9-14(23)10-29-21(25)13-7-15-12-5-17(16(15)8-13)18(6-12)22(26)30-19-3-4-27-19/h6-7,12,14-17,19,23H,1,3-5,8-10H2,2H3. The van der Waals surface area contributed by atoms with Gasteiger partial charge < -0.3 is 24.1 Å². The predicted molar refractivity (Wildman–Crippen MR) is 103 cm³/mol. The number of rotatable bonds is 8. The Morgan fingerprint density at radius 2 is 1.97 bits per heavy atom. The molecule has 0 radical (unpaired) electrons. The Bertz CT molecular complexity index is 821. The first-order valence-corrected chi connectivity index (χ1v) is 10.3. The molecular formula is C22H26O8. The monoisotopic (exact) mass is 418 g/mol. The van der Waals surface area contributed by atoms with Crippen molar-refractivity contribution in [3.05, 3.63) is 35.5 Å². The number of hydrogen-bond donors (Lipinski definition) is 1. The quantitative estimate of drug-likeness (QED) is 0.358. The molecule has 0 aromatic rings. The number of fused-ring (bicyclic) bond motifs is 5. The van der Waals surface area contributed by atoms with Crippen molar-refractivity contribution in [3.8, 4) is 0 Å². The summed E-state index contributed by atoms with van der Waals surface area (Å²) in [6, 6.07) is 0. The lowest BCUT2D eigenvalue weighted by atomic mass is 9.81. The summed E-state index contributed by atoms with van der Waals surface area (Å²) in [5, 5.41) is 9.85. The fourth-order valence-electron chi connectivity index (χ4n) is 4.65. The Balaban J connectivity index is 1.25.